The number of alkyl halides is 3. The Balaban J connectivity index is 1.90. The van der Waals surface area contributed by atoms with Gasteiger partial charge in [0.05, 0.1) is 5.25 Å². The number of anilines is 2. The lowest BCUT2D eigenvalue weighted by Crippen LogP contribution is -2.31. The zero-order valence-corrected chi connectivity index (χ0v) is 15.6. The number of rotatable bonds is 8. The van der Waals surface area contributed by atoms with E-state index < -0.39 is 6.36 Å². The molecule has 11 heteroatoms. The third-order valence-corrected chi connectivity index (χ3v) is 4.96. The van der Waals surface area contributed by atoms with Gasteiger partial charge in [-0.05, 0) is 37.6 Å². The molecule has 1 amide bonds. The summed E-state index contributed by atoms with van der Waals surface area (Å²) in [6, 6.07) is 5.28. The molecule has 2 rings (SSSR count). The summed E-state index contributed by atoms with van der Waals surface area (Å²) in [5.74, 6) is -0.370. The molecule has 0 aliphatic carbocycles. The van der Waals surface area contributed by atoms with E-state index in [1.165, 1.54) is 47.4 Å². The fourth-order valence-electron chi connectivity index (χ4n) is 1.77. The first-order chi connectivity index (χ1) is 12.3. The van der Waals surface area contributed by atoms with E-state index in [9.17, 15) is 18.0 Å². The number of carbonyl (C=O) groups is 1. The zero-order chi connectivity index (χ0) is 19.2. The summed E-state index contributed by atoms with van der Waals surface area (Å²) in [7, 11) is 0. The van der Waals surface area contributed by atoms with Gasteiger partial charge < -0.3 is 15.4 Å². The fraction of sp³-hybridized carbons (Fsp3) is 0.400. The number of benzene rings is 1. The van der Waals surface area contributed by atoms with E-state index in [0.717, 1.165) is 6.42 Å². The molecule has 0 aliphatic rings. The van der Waals surface area contributed by atoms with Gasteiger partial charge in [-0.15, -0.1) is 23.4 Å². The lowest BCUT2D eigenvalue weighted by atomic mass is 10.3. The third kappa shape index (κ3) is 6.71. The molecule has 0 fully saturated rings. The largest absolute Gasteiger partial charge is 0.573 e. The molecule has 0 unspecified atom stereocenters. The van der Waals surface area contributed by atoms with Crippen molar-refractivity contribution >= 4 is 39.8 Å². The van der Waals surface area contributed by atoms with Crippen molar-refractivity contribution in [1.29, 1.82) is 0 Å². The van der Waals surface area contributed by atoms with Crippen LogP contribution in [0.1, 0.15) is 20.3 Å². The molecule has 0 saturated carbocycles. The minimum absolute atomic E-state index is 0.0678. The van der Waals surface area contributed by atoms with Crippen molar-refractivity contribution in [2.24, 2.45) is 0 Å². The van der Waals surface area contributed by atoms with Crippen LogP contribution in [0.15, 0.2) is 28.6 Å². The number of hydrogen-bond donors (Lipinski definition) is 2. The second-order valence-corrected chi connectivity index (χ2v) is 7.69. The van der Waals surface area contributed by atoms with E-state index in [1.54, 1.807) is 6.92 Å². The summed E-state index contributed by atoms with van der Waals surface area (Å²) in [6.07, 6.45) is -3.86. The van der Waals surface area contributed by atoms with E-state index in [2.05, 4.69) is 25.6 Å². The molecular formula is C15H17F3N4O2S2. The van der Waals surface area contributed by atoms with Gasteiger partial charge in [-0.3, -0.25) is 4.79 Å². The van der Waals surface area contributed by atoms with E-state index in [0.29, 0.717) is 21.7 Å². The summed E-state index contributed by atoms with van der Waals surface area (Å²) in [6.45, 7) is 4.38. The molecule has 0 bridgehead atoms. The first kappa shape index (κ1) is 20.3. The highest BCUT2D eigenvalue weighted by Gasteiger charge is 2.30. The number of thioether (sulfide) groups is 1. The Hall–Kier alpha value is -2.01. The van der Waals surface area contributed by atoms with Gasteiger partial charge >= 0.3 is 6.36 Å². The Bertz CT molecular complexity index is 722. The van der Waals surface area contributed by atoms with Gasteiger partial charge in [-0.25, -0.2) is 0 Å². The highest BCUT2D eigenvalue weighted by molar-refractivity contribution is 8.02. The Morgan fingerprint density at radius 3 is 2.62 bits per heavy atom. The SMILES string of the molecule is CCCNC(=O)[C@@H](C)Sc1nnc(Nc2ccc(OC(F)(F)F)cc2)s1. The van der Waals surface area contributed by atoms with Gasteiger partial charge in [-0.1, -0.05) is 30.0 Å². The van der Waals surface area contributed by atoms with Crippen LogP contribution in [0.5, 0.6) is 5.75 Å². The topological polar surface area (TPSA) is 76.1 Å². The second kappa shape index (κ2) is 9.08. The van der Waals surface area contributed by atoms with E-state index in [4.69, 9.17) is 0 Å². The number of carbonyl (C=O) groups excluding carboxylic acids is 1. The van der Waals surface area contributed by atoms with Crippen LogP contribution in [-0.2, 0) is 4.79 Å². The number of amides is 1. The number of hydrogen-bond acceptors (Lipinski definition) is 7. The minimum atomic E-state index is -4.72. The molecule has 2 N–H and O–H groups in total. The maximum atomic E-state index is 12.1. The highest BCUT2D eigenvalue weighted by atomic mass is 32.2. The average molecular weight is 406 g/mol. The molecule has 1 atom stereocenters. The normalized spacial score (nSPS) is 12.5. The van der Waals surface area contributed by atoms with Crippen LogP contribution in [0.3, 0.4) is 0 Å². The first-order valence-corrected chi connectivity index (χ1v) is 9.37. The molecule has 0 radical (unpaired) electrons. The minimum Gasteiger partial charge on any atom is -0.406 e. The first-order valence-electron chi connectivity index (χ1n) is 7.67. The molecule has 1 aromatic carbocycles. The molecular weight excluding hydrogens is 389 g/mol. The smallest absolute Gasteiger partial charge is 0.406 e. The molecule has 142 valence electrons. The van der Waals surface area contributed by atoms with Crippen molar-refractivity contribution in [3.8, 4) is 5.75 Å². The van der Waals surface area contributed by atoms with Crippen molar-refractivity contribution in [1.82, 2.24) is 15.5 Å². The van der Waals surface area contributed by atoms with Gasteiger partial charge in [0.15, 0.2) is 4.34 Å². The quantitative estimate of drug-likeness (QED) is 0.641. The summed E-state index contributed by atoms with van der Waals surface area (Å²) >= 11 is 2.54. The summed E-state index contributed by atoms with van der Waals surface area (Å²) in [5.41, 5.74) is 0.543. The Morgan fingerprint density at radius 1 is 1.31 bits per heavy atom. The van der Waals surface area contributed by atoms with Gasteiger partial charge in [-0.2, -0.15) is 0 Å². The highest BCUT2D eigenvalue weighted by Crippen LogP contribution is 2.31. The van der Waals surface area contributed by atoms with Crippen LogP contribution in [-0.4, -0.2) is 34.3 Å². The fourth-order valence-corrected chi connectivity index (χ4v) is 3.71. The predicted molar refractivity (Wildman–Crippen MR) is 94.9 cm³/mol. The maximum absolute atomic E-state index is 12.1. The van der Waals surface area contributed by atoms with E-state index >= 15 is 0 Å². The lowest BCUT2D eigenvalue weighted by Gasteiger charge is -2.09. The molecule has 0 aliphatic heterocycles. The molecule has 0 spiro atoms. The van der Waals surface area contributed by atoms with Crippen molar-refractivity contribution in [2.45, 2.75) is 36.2 Å². The monoisotopic (exact) mass is 406 g/mol. The average Bonchev–Trinajstić information content (AvgIpc) is 3.00. The third-order valence-electron chi connectivity index (χ3n) is 2.94. The molecule has 0 saturated heterocycles. The number of aromatic nitrogens is 2. The van der Waals surface area contributed by atoms with Gasteiger partial charge in [0, 0.05) is 12.2 Å². The summed E-state index contributed by atoms with van der Waals surface area (Å²) in [5, 5.41) is 13.9. The van der Waals surface area contributed by atoms with Crippen LogP contribution in [0.4, 0.5) is 24.0 Å². The Morgan fingerprint density at radius 2 is 2.00 bits per heavy atom. The predicted octanol–water partition coefficient (Wildman–Crippen LogP) is 4.19. The van der Waals surface area contributed by atoms with Crippen molar-refractivity contribution < 1.29 is 22.7 Å². The van der Waals surface area contributed by atoms with Crippen LogP contribution >= 0.6 is 23.1 Å². The zero-order valence-electron chi connectivity index (χ0n) is 14.0. The van der Waals surface area contributed by atoms with Crippen LogP contribution in [0.2, 0.25) is 0 Å². The van der Waals surface area contributed by atoms with E-state index in [1.807, 2.05) is 6.92 Å². The molecule has 6 nitrogen and oxygen atoms in total. The standard InChI is InChI=1S/C15H17F3N4O2S2/c1-3-8-19-12(23)9(2)25-14-22-21-13(26-14)20-10-4-6-11(7-5-10)24-15(16,17)18/h4-7,9H,3,8H2,1-2H3,(H,19,23)(H,20,21)/t9-/m1/s1. The van der Waals surface area contributed by atoms with Crippen molar-refractivity contribution in [2.75, 3.05) is 11.9 Å². The van der Waals surface area contributed by atoms with Crippen molar-refractivity contribution in [3.05, 3.63) is 24.3 Å². The summed E-state index contributed by atoms with van der Waals surface area (Å²) < 4.78 is 40.8. The molecule has 26 heavy (non-hydrogen) atoms. The van der Waals surface area contributed by atoms with Gasteiger partial charge in [0.2, 0.25) is 11.0 Å². The molecule has 2 aromatic rings. The summed E-state index contributed by atoms with van der Waals surface area (Å²) in [4.78, 5) is 11.9. The van der Waals surface area contributed by atoms with Crippen LogP contribution < -0.4 is 15.4 Å². The number of ether oxygens (including phenoxy) is 1. The Kier molecular flexibility index (Phi) is 7.09. The Labute approximate surface area is 156 Å². The number of nitrogens with zero attached hydrogens (tertiary/aromatic N) is 2. The van der Waals surface area contributed by atoms with Crippen molar-refractivity contribution in [3.63, 3.8) is 0 Å². The van der Waals surface area contributed by atoms with Crippen LogP contribution in [0.25, 0.3) is 0 Å². The number of nitrogens with one attached hydrogen (secondary N) is 2. The van der Waals surface area contributed by atoms with Crippen LogP contribution in [0, 0.1) is 0 Å². The maximum Gasteiger partial charge on any atom is 0.573 e. The van der Waals surface area contributed by atoms with E-state index in [-0.39, 0.29) is 16.9 Å². The second-order valence-electron chi connectivity index (χ2n) is 5.12. The number of halogens is 3. The van der Waals surface area contributed by atoms with Gasteiger partial charge in [0.1, 0.15) is 5.75 Å². The molecule has 1 aromatic heterocycles. The molecule has 1 heterocycles. The lowest BCUT2D eigenvalue weighted by molar-refractivity contribution is -0.274. The van der Waals surface area contributed by atoms with Gasteiger partial charge in [0.25, 0.3) is 0 Å².